The van der Waals surface area contributed by atoms with Gasteiger partial charge in [-0.15, -0.1) is 0 Å². The SMILES string of the molecule is CCC1CCCCN1c1cc(Br)ccc1CNC(C)(C)C. The van der Waals surface area contributed by atoms with E-state index in [4.69, 9.17) is 0 Å². The van der Waals surface area contributed by atoms with Crippen LogP contribution in [0.15, 0.2) is 22.7 Å². The highest BCUT2D eigenvalue weighted by atomic mass is 79.9. The number of hydrogen-bond acceptors (Lipinski definition) is 2. The molecule has 1 N–H and O–H groups in total. The number of hydrogen-bond donors (Lipinski definition) is 1. The van der Waals surface area contributed by atoms with Crippen LogP contribution in [0.1, 0.15) is 58.9 Å². The average Bonchev–Trinajstić information content (AvgIpc) is 2.45. The highest BCUT2D eigenvalue weighted by Gasteiger charge is 2.23. The van der Waals surface area contributed by atoms with Gasteiger partial charge in [-0.3, -0.25) is 0 Å². The lowest BCUT2D eigenvalue weighted by Crippen LogP contribution is -2.40. The van der Waals surface area contributed by atoms with Crippen LogP contribution in [0.5, 0.6) is 0 Å². The van der Waals surface area contributed by atoms with Gasteiger partial charge in [-0.1, -0.05) is 28.9 Å². The zero-order chi connectivity index (χ0) is 15.5. The normalized spacial score (nSPS) is 19.9. The fraction of sp³-hybridized carbons (Fsp3) is 0.667. The molecule has 1 heterocycles. The molecule has 0 spiro atoms. The van der Waals surface area contributed by atoms with Gasteiger partial charge in [0.05, 0.1) is 0 Å². The van der Waals surface area contributed by atoms with Crippen molar-refractivity contribution in [3.8, 4) is 0 Å². The zero-order valence-corrected chi connectivity index (χ0v) is 15.5. The first-order valence-electron chi connectivity index (χ1n) is 8.21. The van der Waals surface area contributed by atoms with Crippen molar-refractivity contribution in [1.82, 2.24) is 5.32 Å². The Labute approximate surface area is 138 Å². The third kappa shape index (κ3) is 4.72. The van der Waals surface area contributed by atoms with Crippen molar-refractivity contribution < 1.29 is 0 Å². The molecule has 2 nitrogen and oxygen atoms in total. The summed E-state index contributed by atoms with van der Waals surface area (Å²) in [6.07, 6.45) is 5.25. The van der Waals surface area contributed by atoms with Gasteiger partial charge < -0.3 is 10.2 Å². The van der Waals surface area contributed by atoms with Gasteiger partial charge in [0.15, 0.2) is 0 Å². The van der Waals surface area contributed by atoms with Crippen molar-refractivity contribution >= 4 is 21.6 Å². The summed E-state index contributed by atoms with van der Waals surface area (Å²) in [5.74, 6) is 0. The number of piperidine rings is 1. The smallest absolute Gasteiger partial charge is 0.0425 e. The molecule has 1 aromatic rings. The standard InChI is InChI=1S/C18H29BrN2/c1-5-16-8-6-7-11-21(16)17-12-15(19)10-9-14(17)13-20-18(2,3)4/h9-10,12,16,20H,5-8,11,13H2,1-4H3. The number of nitrogens with zero attached hydrogens (tertiary/aromatic N) is 1. The third-order valence-corrected chi connectivity index (χ3v) is 4.76. The van der Waals surface area contributed by atoms with Gasteiger partial charge in [0.1, 0.15) is 0 Å². The van der Waals surface area contributed by atoms with E-state index in [9.17, 15) is 0 Å². The fourth-order valence-electron chi connectivity index (χ4n) is 3.06. The van der Waals surface area contributed by atoms with E-state index in [-0.39, 0.29) is 5.54 Å². The van der Waals surface area contributed by atoms with Gasteiger partial charge in [0, 0.05) is 34.8 Å². The molecule has 1 saturated heterocycles. The van der Waals surface area contributed by atoms with Crippen LogP contribution in [0.25, 0.3) is 0 Å². The molecule has 118 valence electrons. The lowest BCUT2D eigenvalue weighted by Gasteiger charge is -2.38. The van der Waals surface area contributed by atoms with E-state index in [1.165, 1.54) is 48.0 Å². The van der Waals surface area contributed by atoms with Crippen LogP contribution in [-0.2, 0) is 6.54 Å². The highest BCUT2D eigenvalue weighted by Crippen LogP contribution is 2.32. The molecular formula is C18H29BrN2. The zero-order valence-electron chi connectivity index (χ0n) is 13.9. The van der Waals surface area contributed by atoms with Crippen molar-refractivity contribution in [1.29, 1.82) is 0 Å². The molecule has 0 saturated carbocycles. The van der Waals surface area contributed by atoms with Gasteiger partial charge in [0.2, 0.25) is 0 Å². The summed E-state index contributed by atoms with van der Waals surface area (Å²) >= 11 is 3.65. The fourth-order valence-corrected chi connectivity index (χ4v) is 3.41. The molecule has 1 aliphatic rings. The Morgan fingerprint density at radius 2 is 2.05 bits per heavy atom. The minimum absolute atomic E-state index is 0.149. The Kier molecular flexibility index (Phi) is 5.73. The van der Waals surface area contributed by atoms with Crippen molar-refractivity contribution in [2.75, 3.05) is 11.4 Å². The number of rotatable bonds is 4. The second-order valence-electron chi connectivity index (χ2n) is 7.13. The molecule has 0 aliphatic carbocycles. The van der Waals surface area contributed by atoms with Crippen LogP contribution >= 0.6 is 15.9 Å². The predicted octanol–water partition coefficient (Wildman–Crippen LogP) is 5.11. The predicted molar refractivity (Wildman–Crippen MR) is 96.0 cm³/mol. The second kappa shape index (κ2) is 7.15. The van der Waals surface area contributed by atoms with E-state index < -0.39 is 0 Å². The van der Waals surface area contributed by atoms with Gasteiger partial charge in [-0.2, -0.15) is 0 Å². The molecule has 1 fully saturated rings. The van der Waals surface area contributed by atoms with Gasteiger partial charge in [0.25, 0.3) is 0 Å². The maximum Gasteiger partial charge on any atom is 0.0425 e. The molecule has 0 amide bonds. The van der Waals surface area contributed by atoms with Crippen LogP contribution in [-0.4, -0.2) is 18.1 Å². The van der Waals surface area contributed by atoms with Crippen LogP contribution in [0, 0.1) is 0 Å². The molecule has 1 unspecified atom stereocenters. The molecule has 21 heavy (non-hydrogen) atoms. The van der Waals surface area contributed by atoms with Crippen molar-refractivity contribution in [2.45, 2.75) is 71.5 Å². The van der Waals surface area contributed by atoms with Crippen molar-refractivity contribution in [3.05, 3.63) is 28.2 Å². The molecule has 1 aliphatic heterocycles. The number of benzene rings is 1. The number of nitrogens with one attached hydrogen (secondary N) is 1. The summed E-state index contributed by atoms with van der Waals surface area (Å²) < 4.78 is 1.18. The van der Waals surface area contributed by atoms with Gasteiger partial charge in [-0.05, 0) is 64.2 Å². The van der Waals surface area contributed by atoms with E-state index in [0.717, 1.165) is 6.54 Å². The van der Waals surface area contributed by atoms with E-state index in [1.807, 2.05) is 0 Å². The maximum absolute atomic E-state index is 3.65. The maximum atomic E-state index is 3.65. The quantitative estimate of drug-likeness (QED) is 0.810. The summed E-state index contributed by atoms with van der Waals surface area (Å²) in [5, 5.41) is 3.63. The summed E-state index contributed by atoms with van der Waals surface area (Å²) in [6.45, 7) is 11.1. The molecule has 1 atom stereocenters. The first-order chi connectivity index (χ1) is 9.90. The van der Waals surface area contributed by atoms with Gasteiger partial charge in [-0.25, -0.2) is 0 Å². The minimum atomic E-state index is 0.149. The summed E-state index contributed by atoms with van der Waals surface area (Å²) in [5.41, 5.74) is 2.97. The summed E-state index contributed by atoms with van der Waals surface area (Å²) in [7, 11) is 0. The summed E-state index contributed by atoms with van der Waals surface area (Å²) in [4.78, 5) is 2.63. The van der Waals surface area contributed by atoms with E-state index in [2.05, 4.69) is 72.0 Å². The molecule has 1 aromatic carbocycles. The average molecular weight is 353 g/mol. The second-order valence-corrected chi connectivity index (χ2v) is 8.04. The highest BCUT2D eigenvalue weighted by molar-refractivity contribution is 9.10. The molecule has 0 radical (unpaired) electrons. The lowest BCUT2D eigenvalue weighted by molar-refractivity contribution is 0.420. The van der Waals surface area contributed by atoms with Crippen molar-refractivity contribution in [2.24, 2.45) is 0 Å². The number of halogens is 1. The lowest BCUT2D eigenvalue weighted by atomic mass is 9.97. The Morgan fingerprint density at radius 1 is 1.29 bits per heavy atom. The topological polar surface area (TPSA) is 15.3 Å². The largest absolute Gasteiger partial charge is 0.368 e. The Morgan fingerprint density at radius 3 is 2.71 bits per heavy atom. The molecular weight excluding hydrogens is 324 g/mol. The first-order valence-corrected chi connectivity index (χ1v) is 9.00. The summed E-state index contributed by atoms with van der Waals surface area (Å²) in [6, 6.07) is 7.42. The molecule has 2 rings (SSSR count). The van der Waals surface area contributed by atoms with Crippen LogP contribution in [0.4, 0.5) is 5.69 Å². The Balaban J connectivity index is 2.25. The van der Waals surface area contributed by atoms with Gasteiger partial charge >= 0.3 is 0 Å². The first kappa shape index (κ1) is 16.8. The molecule has 3 heteroatoms. The van der Waals surface area contributed by atoms with Crippen LogP contribution < -0.4 is 10.2 Å². The van der Waals surface area contributed by atoms with E-state index in [0.29, 0.717) is 6.04 Å². The van der Waals surface area contributed by atoms with Crippen molar-refractivity contribution in [3.63, 3.8) is 0 Å². The van der Waals surface area contributed by atoms with Crippen LogP contribution in [0.3, 0.4) is 0 Å². The third-order valence-electron chi connectivity index (χ3n) is 4.26. The molecule has 0 aromatic heterocycles. The monoisotopic (exact) mass is 352 g/mol. The number of anilines is 1. The minimum Gasteiger partial charge on any atom is -0.368 e. The molecule has 0 bridgehead atoms. The van der Waals surface area contributed by atoms with Crippen LogP contribution in [0.2, 0.25) is 0 Å². The van der Waals surface area contributed by atoms with E-state index in [1.54, 1.807) is 0 Å². The van der Waals surface area contributed by atoms with E-state index >= 15 is 0 Å². The Hall–Kier alpha value is -0.540. The Bertz CT molecular complexity index is 465.